The number of benzene rings is 1. The van der Waals surface area contributed by atoms with E-state index in [0.29, 0.717) is 50.5 Å². The highest BCUT2D eigenvalue weighted by atomic mass is 16.5. The molecule has 1 atom stereocenters. The van der Waals surface area contributed by atoms with Gasteiger partial charge >= 0.3 is 6.03 Å². The van der Waals surface area contributed by atoms with Crippen LogP contribution < -0.4 is 5.32 Å². The lowest BCUT2D eigenvalue weighted by molar-refractivity contribution is 0.00942. The van der Waals surface area contributed by atoms with Crippen LogP contribution in [0.5, 0.6) is 0 Å². The van der Waals surface area contributed by atoms with Crippen LogP contribution in [0.1, 0.15) is 38.5 Å². The van der Waals surface area contributed by atoms with Crippen LogP contribution >= 0.6 is 0 Å². The van der Waals surface area contributed by atoms with Gasteiger partial charge in [0.25, 0.3) is 0 Å². The Morgan fingerprint density at radius 2 is 2.04 bits per heavy atom. The fourth-order valence-corrected chi connectivity index (χ4v) is 4.23. The Bertz CT molecular complexity index is 799. The van der Waals surface area contributed by atoms with E-state index >= 15 is 0 Å². The largest absolute Gasteiger partial charge is 0.381 e. The van der Waals surface area contributed by atoms with Crippen molar-refractivity contribution in [2.24, 2.45) is 11.3 Å². The molecule has 0 radical (unpaired) electrons. The first-order chi connectivity index (χ1) is 13.6. The molecule has 150 valence electrons. The summed E-state index contributed by atoms with van der Waals surface area (Å²) in [6, 6.07) is 9.82. The van der Waals surface area contributed by atoms with Crippen LogP contribution in [0.4, 0.5) is 4.79 Å². The second-order valence-corrected chi connectivity index (χ2v) is 8.31. The summed E-state index contributed by atoms with van der Waals surface area (Å²) in [5, 5.41) is 7.24. The number of hydrogen-bond acceptors (Lipinski definition) is 5. The molecule has 1 aromatic carbocycles. The molecule has 2 aliphatic rings. The second-order valence-electron chi connectivity index (χ2n) is 8.31. The van der Waals surface area contributed by atoms with Crippen molar-refractivity contribution in [2.45, 2.75) is 32.6 Å². The first-order valence-electron chi connectivity index (χ1n) is 10.1. The normalized spacial score (nSPS) is 21.4. The third-order valence-corrected chi connectivity index (χ3v) is 5.86. The molecule has 2 aromatic rings. The maximum absolute atomic E-state index is 12.7. The minimum atomic E-state index is -0.0616. The molecule has 7 nitrogen and oxygen atoms in total. The monoisotopic (exact) mass is 384 g/mol. The molecule has 0 aliphatic carbocycles. The van der Waals surface area contributed by atoms with Gasteiger partial charge in [-0.3, -0.25) is 0 Å². The first kappa shape index (κ1) is 18.9. The van der Waals surface area contributed by atoms with Gasteiger partial charge in [0.05, 0.1) is 5.92 Å². The molecule has 7 heteroatoms. The number of nitrogens with one attached hydrogen (secondary N) is 1. The van der Waals surface area contributed by atoms with Gasteiger partial charge in [0.15, 0.2) is 0 Å². The van der Waals surface area contributed by atoms with Gasteiger partial charge in [-0.2, -0.15) is 4.98 Å². The quantitative estimate of drug-likeness (QED) is 0.875. The zero-order valence-corrected chi connectivity index (χ0v) is 16.6. The Balaban J connectivity index is 1.57. The molecular formula is C21H28N4O3. The molecule has 4 rings (SSSR count). The van der Waals surface area contributed by atoms with Gasteiger partial charge in [-0.25, -0.2) is 4.79 Å². The minimum Gasteiger partial charge on any atom is -0.381 e. The van der Waals surface area contributed by atoms with Crippen molar-refractivity contribution in [1.29, 1.82) is 0 Å². The number of ether oxygens (including phenoxy) is 1. The van der Waals surface area contributed by atoms with Crippen LogP contribution in [0.25, 0.3) is 11.4 Å². The van der Waals surface area contributed by atoms with Crippen LogP contribution in [0.3, 0.4) is 0 Å². The fraction of sp³-hybridized carbons (Fsp3) is 0.571. The molecule has 3 heterocycles. The van der Waals surface area contributed by atoms with Crippen molar-refractivity contribution >= 4 is 6.03 Å². The summed E-state index contributed by atoms with van der Waals surface area (Å²) in [6.07, 6.45) is 1.79. The molecule has 28 heavy (non-hydrogen) atoms. The third kappa shape index (κ3) is 3.76. The lowest BCUT2D eigenvalue weighted by Gasteiger charge is -2.36. The van der Waals surface area contributed by atoms with Gasteiger partial charge < -0.3 is 19.5 Å². The number of aromatic nitrogens is 2. The van der Waals surface area contributed by atoms with E-state index in [-0.39, 0.29) is 17.4 Å². The molecule has 1 spiro atoms. The number of likely N-dealkylation sites (tertiary alicyclic amines) is 1. The number of urea groups is 1. The standard InChI is InChI=1S/C21H28N4O3/c1-15(2)12-22-20(26)25-13-17(21(14-25)8-10-27-11-9-21)19-23-18(24-28-19)16-6-4-3-5-7-16/h3-7,15,17H,8-14H2,1-2H3,(H,22,26)/t17-/m0/s1. The number of carbonyl (C=O) groups excluding carboxylic acids is 1. The summed E-state index contributed by atoms with van der Waals surface area (Å²) in [6.45, 7) is 7.58. The van der Waals surface area contributed by atoms with E-state index in [1.54, 1.807) is 0 Å². The smallest absolute Gasteiger partial charge is 0.317 e. The van der Waals surface area contributed by atoms with Crippen LogP contribution in [-0.4, -0.2) is 53.9 Å². The van der Waals surface area contributed by atoms with Crippen molar-refractivity contribution in [3.8, 4) is 11.4 Å². The molecule has 2 saturated heterocycles. The highest BCUT2D eigenvalue weighted by Crippen LogP contribution is 2.49. The number of nitrogens with zero attached hydrogens (tertiary/aromatic N) is 3. The highest BCUT2D eigenvalue weighted by Gasteiger charge is 2.51. The minimum absolute atomic E-state index is 0.00938. The van der Waals surface area contributed by atoms with Gasteiger partial charge in [-0.1, -0.05) is 49.3 Å². The maximum Gasteiger partial charge on any atom is 0.317 e. The summed E-state index contributed by atoms with van der Waals surface area (Å²) in [7, 11) is 0. The topological polar surface area (TPSA) is 80.5 Å². The predicted octanol–water partition coefficient (Wildman–Crippen LogP) is 3.30. The van der Waals surface area contributed by atoms with Crippen molar-refractivity contribution in [2.75, 3.05) is 32.8 Å². The molecule has 1 aromatic heterocycles. The average molecular weight is 384 g/mol. The van der Waals surface area contributed by atoms with E-state index in [1.165, 1.54) is 0 Å². The molecule has 0 bridgehead atoms. The molecule has 2 amide bonds. The molecule has 2 fully saturated rings. The molecular weight excluding hydrogens is 356 g/mol. The summed E-state index contributed by atoms with van der Waals surface area (Å²) < 4.78 is 11.3. The van der Waals surface area contributed by atoms with Crippen molar-refractivity contribution in [3.05, 3.63) is 36.2 Å². The van der Waals surface area contributed by atoms with Crippen LogP contribution in [0, 0.1) is 11.3 Å². The zero-order valence-electron chi connectivity index (χ0n) is 16.6. The fourth-order valence-electron chi connectivity index (χ4n) is 4.23. The predicted molar refractivity (Wildman–Crippen MR) is 105 cm³/mol. The number of amides is 2. The summed E-state index contributed by atoms with van der Waals surface area (Å²) in [4.78, 5) is 19.3. The number of rotatable bonds is 4. The van der Waals surface area contributed by atoms with E-state index in [1.807, 2.05) is 35.2 Å². The molecule has 2 aliphatic heterocycles. The van der Waals surface area contributed by atoms with E-state index in [9.17, 15) is 4.79 Å². The SMILES string of the molecule is CC(C)CNC(=O)N1C[C@@H](c2nc(-c3ccccc3)no2)C2(CCOCC2)C1. The molecule has 0 unspecified atom stereocenters. The van der Waals surface area contributed by atoms with Crippen molar-refractivity contribution in [1.82, 2.24) is 20.4 Å². The van der Waals surface area contributed by atoms with E-state index in [2.05, 4.69) is 24.3 Å². The Hall–Kier alpha value is -2.41. The van der Waals surface area contributed by atoms with Gasteiger partial charge in [0.2, 0.25) is 11.7 Å². The van der Waals surface area contributed by atoms with E-state index in [0.717, 1.165) is 18.4 Å². The van der Waals surface area contributed by atoms with E-state index < -0.39 is 0 Å². The third-order valence-electron chi connectivity index (χ3n) is 5.86. The average Bonchev–Trinajstić information content (AvgIpc) is 3.33. The molecule has 0 saturated carbocycles. The first-order valence-corrected chi connectivity index (χ1v) is 10.1. The van der Waals surface area contributed by atoms with Crippen molar-refractivity contribution < 1.29 is 14.1 Å². The maximum atomic E-state index is 12.7. The molecule has 1 N–H and O–H groups in total. The van der Waals surface area contributed by atoms with Crippen LogP contribution in [0.2, 0.25) is 0 Å². The van der Waals surface area contributed by atoms with Crippen LogP contribution in [-0.2, 0) is 4.74 Å². The number of hydrogen-bond donors (Lipinski definition) is 1. The Morgan fingerprint density at radius 3 is 2.75 bits per heavy atom. The van der Waals surface area contributed by atoms with Gasteiger partial charge in [-0.05, 0) is 18.8 Å². The zero-order chi connectivity index (χ0) is 19.6. The Labute approximate surface area is 165 Å². The van der Waals surface area contributed by atoms with Crippen molar-refractivity contribution in [3.63, 3.8) is 0 Å². The van der Waals surface area contributed by atoms with Gasteiger partial charge in [0.1, 0.15) is 0 Å². The lowest BCUT2D eigenvalue weighted by Crippen LogP contribution is -2.42. The Morgan fingerprint density at radius 1 is 1.29 bits per heavy atom. The van der Waals surface area contributed by atoms with E-state index in [4.69, 9.17) is 14.2 Å². The highest BCUT2D eigenvalue weighted by molar-refractivity contribution is 5.74. The summed E-state index contributed by atoms with van der Waals surface area (Å²) >= 11 is 0. The lowest BCUT2D eigenvalue weighted by atomic mass is 9.72. The Kier molecular flexibility index (Phi) is 5.35. The van der Waals surface area contributed by atoms with Gasteiger partial charge in [0, 0.05) is 43.8 Å². The second kappa shape index (κ2) is 7.91. The summed E-state index contributed by atoms with van der Waals surface area (Å²) in [5.74, 6) is 1.68. The summed E-state index contributed by atoms with van der Waals surface area (Å²) in [5.41, 5.74) is 0.872. The van der Waals surface area contributed by atoms with Crippen LogP contribution in [0.15, 0.2) is 34.9 Å². The number of carbonyl (C=O) groups is 1. The van der Waals surface area contributed by atoms with Gasteiger partial charge in [-0.15, -0.1) is 0 Å².